The smallest absolute Gasteiger partial charge is 0.280 e. The Morgan fingerprint density at radius 3 is 2.18 bits per heavy atom. The maximum Gasteiger partial charge on any atom is 0.280 e. The van der Waals surface area contributed by atoms with Gasteiger partial charge in [-0.15, -0.1) is 0 Å². The van der Waals surface area contributed by atoms with E-state index >= 15 is 0 Å². The number of hydrazone groups is 1. The lowest BCUT2D eigenvalue weighted by Gasteiger charge is -2.17. The zero-order chi connectivity index (χ0) is 24.6. The summed E-state index contributed by atoms with van der Waals surface area (Å²) < 4.78 is 81.2. The average molecular weight is 580 g/mol. The highest BCUT2D eigenvalue weighted by atomic mass is 127. The second-order valence-corrected chi connectivity index (χ2v) is 8.37. The summed E-state index contributed by atoms with van der Waals surface area (Å²) in [6.45, 7) is 7.22. The quantitative estimate of drug-likeness (QED) is 0.139. The van der Waals surface area contributed by atoms with Crippen LogP contribution in [0, 0.1) is 32.7 Å². The molecule has 33 heavy (non-hydrogen) atoms. The first-order valence-corrected chi connectivity index (χ1v) is 10.8. The van der Waals surface area contributed by atoms with E-state index in [0.717, 1.165) is 0 Å². The highest BCUT2D eigenvalue weighted by molar-refractivity contribution is 14.1. The molecule has 5 nitrogen and oxygen atoms in total. The molecule has 0 radical (unpaired) electrons. The van der Waals surface area contributed by atoms with E-state index < -0.39 is 40.7 Å². The molecule has 0 spiro atoms. The molecule has 1 aliphatic heterocycles. The molecule has 0 unspecified atom stereocenters. The molecule has 0 bridgehead atoms. The molecule has 11 heteroatoms. The minimum absolute atomic E-state index is 0.0272. The first-order valence-electron chi connectivity index (χ1n) is 9.74. The summed E-state index contributed by atoms with van der Waals surface area (Å²) in [5, 5.41) is 3.90. The van der Waals surface area contributed by atoms with Gasteiger partial charge in [0.15, 0.2) is 34.8 Å². The van der Waals surface area contributed by atoms with Crippen LogP contribution in [0.5, 0.6) is 11.5 Å². The number of ether oxygens (including phenoxy) is 2. The van der Waals surface area contributed by atoms with Crippen LogP contribution < -0.4 is 14.5 Å². The number of nitrogens with zero attached hydrogens (tertiary/aromatic N) is 2. The van der Waals surface area contributed by atoms with Crippen molar-refractivity contribution in [1.82, 2.24) is 0 Å². The second kappa shape index (κ2) is 9.65. The zero-order valence-electron chi connectivity index (χ0n) is 17.9. The van der Waals surface area contributed by atoms with Gasteiger partial charge in [0.1, 0.15) is 5.69 Å². The minimum Gasteiger partial charge on any atom is -0.490 e. The molecule has 0 N–H and O–H groups in total. The lowest BCUT2D eigenvalue weighted by molar-refractivity contribution is -0.114. The lowest BCUT2D eigenvalue weighted by atomic mass is 10.1. The molecule has 1 aliphatic rings. The summed E-state index contributed by atoms with van der Waals surface area (Å²) in [5.41, 5.74) is -1.02. The number of anilines is 1. The van der Waals surface area contributed by atoms with Gasteiger partial charge in [-0.25, -0.2) is 22.0 Å². The van der Waals surface area contributed by atoms with Crippen LogP contribution in [0.4, 0.5) is 27.6 Å². The van der Waals surface area contributed by atoms with E-state index in [4.69, 9.17) is 9.47 Å². The summed E-state index contributed by atoms with van der Waals surface area (Å²) in [7, 11) is 0. The molecule has 0 saturated carbocycles. The largest absolute Gasteiger partial charge is 0.490 e. The highest BCUT2D eigenvalue weighted by Gasteiger charge is 2.37. The van der Waals surface area contributed by atoms with Crippen LogP contribution in [0.1, 0.15) is 33.3 Å². The monoisotopic (exact) mass is 580 g/mol. The molecule has 1 amide bonds. The van der Waals surface area contributed by atoms with Crippen LogP contribution in [0.2, 0.25) is 0 Å². The summed E-state index contributed by atoms with van der Waals surface area (Å²) in [6.07, 6.45) is 1.26. The normalized spacial score (nSPS) is 15.0. The van der Waals surface area contributed by atoms with E-state index in [9.17, 15) is 26.7 Å². The molecule has 1 heterocycles. The number of carbonyl (C=O) groups excluding carboxylic acids is 1. The zero-order valence-corrected chi connectivity index (χ0v) is 20.1. The third-order valence-electron chi connectivity index (χ3n) is 4.46. The molecule has 0 saturated heterocycles. The fraction of sp³-hybridized carbons (Fsp3) is 0.273. The van der Waals surface area contributed by atoms with Crippen LogP contribution in [0.3, 0.4) is 0 Å². The molecular weight excluding hydrogens is 562 g/mol. The Bertz CT molecular complexity index is 1170. The fourth-order valence-corrected chi connectivity index (χ4v) is 3.82. The van der Waals surface area contributed by atoms with Crippen molar-refractivity contribution in [2.75, 3.05) is 11.6 Å². The van der Waals surface area contributed by atoms with E-state index in [-0.39, 0.29) is 22.4 Å². The molecule has 0 aromatic heterocycles. The molecule has 0 aliphatic carbocycles. The Morgan fingerprint density at radius 2 is 1.64 bits per heavy atom. The summed E-state index contributed by atoms with van der Waals surface area (Å²) in [5.74, 6) is -11.1. The van der Waals surface area contributed by atoms with Gasteiger partial charge in [0, 0.05) is 0 Å². The first kappa shape index (κ1) is 24.9. The predicted molar refractivity (Wildman–Crippen MR) is 121 cm³/mol. The van der Waals surface area contributed by atoms with Crippen LogP contribution >= 0.6 is 22.6 Å². The van der Waals surface area contributed by atoms with Gasteiger partial charge in [-0.05, 0) is 74.1 Å². The van der Waals surface area contributed by atoms with Crippen molar-refractivity contribution < 1.29 is 36.2 Å². The third kappa shape index (κ3) is 4.68. The van der Waals surface area contributed by atoms with Gasteiger partial charge in [0.25, 0.3) is 5.91 Å². The van der Waals surface area contributed by atoms with E-state index in [1.165, 1.54) is 13.0 Å². The Morgan fingerprint density at radius 1 is 1.06 bits per heavy atom. The van der Waals surface area contributed by atoms with Crippen LogP contribution in [-0.4, -0.2) is 24.3 Å². The van der Waals surface area contributed by atoms with Gasteiger partial charge < -0.3 is 9.47 Å². The van der Waals surface area contributed by atoms with Gasteiger partial charge in [-0.1, -0.05) is 0 Å². The van der Waals surface area contributed by atoms with Crippen molar-refractivity contribution in [3.05, 3.63) is 55.9 Å². The second-order valence-electron chi connectivity index (χ2n) is 7.21. The Hall–Kier alpha value is -2.70. The number of carbonyl (C=O) groups is 1. The number of hydrogen-bond donors (Lipinski definition) is 0. The van der Waals surface area contributed by atoms with Crippen molar-refractivity contribution in [2.24, 2.45) is 5.10 Å². The SMILES string of the molecule is CCOc1cc(/C=C2\C(=O)N(c3c(F)c(F)c(F)c(F)c3F)N=C2C)cc(I)c1OC(C)C. The Kier molecular flexibility index (Phi) is 7.29. The molecule has 2 aromatic rings. The molecule has 0 fully saturated rings. The van der Waals surface area contributed by atoms with E-state index in [1.807, 2.05) is 36.4 Å². The molecule has 176 valence electrons. The van der Waals surface area contributed by atoms with Crippen molar-refractivity contribution in [2.45, 2.75) is 33.8 Å². The van der Waals surface area contributed by atoms with Gasteiger partial charge in [0.05, 0.1) is 27.6 Å². The number of benzene rings is 2. The van der Waals surface area contributed by atoms with Gasteiger partial charge >= 0.3 is 0 Å². The lowest BCUT2D eigenvalue weighted by Crippen LogP contribution is -2.25. The average Bonchev–Trinajstić information content (AvgIpc) is 3.01. The number of rotatable bonds is 6. The first-order chi connectivity index (χ1) is 15.5. The molecule has 2 aromatic carbocycles. The van der Waals surface area contributed by atoms with Crippen molar-refractivity contribution in [3.8, 4) is 11.5 Å². The minimum atomic E-state index is -2.32. The van der Waals surface area contributed by atoms with Crippen molar-refractivity contribution >= 4 is 46.0 Å². The van der Waals surface area contributed by atoms with Crippen molar-refractivity contribution in [1.29, 1.82) is 0 Å². The van der Waals surface area contributed by atoms with Gasteiger partial charge in [-0.3, -0.25) is 4.79 Å². The van der Waals surface area contributed by atoms with Gasteiger partial charge in [0.2, 0.25) is 5.82 Å². The van der Waals surface area contributed by atoms with Crippen molar-refractivity contribution in [3.63, 3.8) is 0 Å². The van der Waals surface area contributed by atoms with Crippen LogP contribution in [0.25, 0.3) is 6.08 Å². The molecule has 0 atom stereocenters. The number of amides is 1. The number of hydrogen-bond acceptors (Lipinski definition) is 4. The third-order valence-corrected chi connectivity index (χ3v) is 5.26. The summed E-state index contributed by atoms with van der Waals surface area (Å²) in [4.78, 5) is 12.9. The fourth-order valence-electron chi connectivity index (χ4n) is 3.07. The topological polar surface area (TPSA) is 51.1 Å². The maximum absolute atomic E-state index is 14.2. The maximum atomic E-state index is 14.2. The standard InChI is InChI=1S/C22H18F5IN2O3/c1-5-32-14-8-11(7-13(28)21(14)33-9(2)3)6-12-10(4)29-30(22(12)31)20-18(26)16(24)15(23)17(25)19(20)27/h6-9H,5H2,1-4H3/b12-6-. The van der Waals surface area contributed by atoms with E-state index in [0.29, 0.717) is 27.2 Å². The number of halogens is 6. The highest BCUT2D eigenvalue weighted by Crippen LogP contribution is 2.37. The van der Waals surface area contributed by atoms with E-state index in [1.54, 1.807) is 19.1 Å². The molecular formula is C22H18F5IN2O3. The van der Waals surface area contributed by atoms with Gasteiger partial charge in [-0.2, -0.15) is 10.1 Å². The van der Waals surface area contributed by atoms with E-state index in [2.05, 4.69) is 5.10 Å². The van der Waals surface area contributed by atoms with Crippen LogP contribution in [-0.2, 0) is 4.79 Å². The summed E-state index contributed by atoms with van der Waals surface area (Å²) in [6, 6.07) is 3.30. The Labute approximate surface area is 200 Å². The van der Waals surface area contributed by atoms with Crippen LogP contribution in [0.15, 0.2) is 22.8 Å². The molecule has 3 rings (SSSR count). The predicted octanol–water partition coefficient (Wildman–Crippen LogP) is 5.98. The summed E-state index contributed by atoms with van der Waals surface area (Å²) >= 11 is 2.04. The Balaban J connectivity index is 2.07.